The molecule has 3 aromatic carbocycles. The number of nitrogens with one attached hydrogen (secondary N) is 1. The maximum absolute atomic E-state index is 12.9. The van der Waals surface area contributed by atoms with Gasteiger partial charge in [0.2, 0.25) is 6.10 Å². The van der Waals surface area contributed by atoms with E-state index in [0.29, 0.717) is 28.1 Å². The second-order valence-electron chi connectivity index (χ2n) is 6.89. The van der Waals surface area contributed by atoms with Crippen molar-refractivity contribution in [3.63, 3.8) is 0 Å². The van der Waals surface area contributed by atoms with E-state index in [1.807, 2.05) is 6.07 Å². The van der Waals surface area contributed by atoms with Gasteiger partial charge >= 0.3 is 11.9 Å². The highest BCUT2D eigenvalue weighted by molar-refractivity contribution is 5.97. The number of anilines is 1. The lowest BCUT2D eigenvalue weighted by Crippen LogP contribution is -2.25. The van der Waals surface area contributed by atoms with Gasteiger partial charge in [-0.1, -0.05) is 42.5 Å². The number of carbonyl (C=O) groups excluding carboxylic acids is 3. The average Bonchev–Trinajstić information content (AvgIpc) is 2.86. The monoisotopic (exact) mass is 445 g/mol. The van der Waals surface area contributed by atoms with Crippen LogP contribution in [0.4, 0.5) is 5.69 Å². The molecule has 33 heavy (non-hydrogen) atoms. The molecule has 0 spiro atoms. The van der Waals surface area contributed by atoms with E-state index in [0.717, 1.165) is 0 Å². The van der Waals surface area contributed by atoms with Gasteiger partial charge in [0.25, 0.3) is 5.91 Å². The summed E-state index contributed by atoms with van der Waals surface area (Å²) in [4.78, 5) is 36.9. The number of esters is 2. The topological polar surface area (TPSA) is 90.9 Å². The van der Waals surface area contributed by atoms with Gasteiger partial charge in [0.1, 0.15) is 5.75 Å². The number of amides is 1. The number of rotatable bonds is 8. The number of ether oxygens (including phenoxy) is 3. The number of hydrogen-bond donors (Lipinski definition) is 1. The van der Waals surface area contributed by atoms with Crippen LogP contribution in [-0.4, -0.2) is 32.1 Å². The van der Waals surface area contributed by atoms with E-state index in [1.54, 1.807) is 79.9 Å². The van der Waals surface area contributed by atoms with E-state index in [2.05, 4.69) is 10.1 Å². The average molecular weight is 445 g/mol. The summed E-state index contributed by atoms with van der Waals surface area (Å²) < 4.78 is 15.3. The first-order valence-corrected chi connectivity index (χ1v) is 10.1. The first kappa shape index (κ1) is 23.3. The van der Waals surface area contributed by atoms with Crippen molar-refractivity contribution >= 4 is 29.6 Å². The van der Waals surface area contributed by atoms with Crippen molar-refractivity contribution in [3.8, 4) is 5.75 Å². The Morgan fingerprint density at radius 2 is 1.52 bits per heavy atom. The Labute approximate surface area is 191 Å². The van der Waals surface area contributed by atoms with Crippen LogP contribution in [0.25, 0.3) is 6.08 Å². The van der Waals surface area contributed by atoms with Crippen molar-refractivity contribution in [1.82, 2.24) is 0 Å². The van der Waals surface area contributed by atoms with Crippen LogP contribution in [0.3, 0.4) is 0 Å². The molecule has 0 heterocycles. The molecule has 1 amide bonds. The highest BCUT2D eigenvalue weighted by atomic mass is 16.5. The van der Waals surface area contributed by atoms with Crippen LogP contribution in [0.5, 0.6) is 5.75 Å². The third kappa shape index (κ3) is 6.54. The fourth-order valence-electron chi connectivity index (χ4n) is 2.95. The molecule has 0 aromatic heterocycles. The summed E-state index contributed by atoms with van der Waals surface area (Å²) >= 11 is 0. The van der Waals surface area contributed by atoms with Crippen LogP contribution in [0.1, 0.15) is 27.6 Å². The lowest BCUT2D eigenvalue weighted by atomic mass is 10.1. The fourth-order valence-corrected chi connectivity index (χ4v) is 2.95. The second kappa shape index (κ2) is 11.3. The van der Waals surface area contributed by atoms with E-state index in [-0.39, 0.29) is 0 Å². The van der Waals surface area contributed by atoms with E-state index in [1.165, 1.54) is 19.3 Å². The van der Waals surface area contributed by atoms with E-state index < -0.39 is 23.9 Å². The minimum absolute atomic E-state index is 0.400. The third-order valence-corrected chi connectivity index (χ3v) is 4.68. The molecule has 168 valence electrons. The van der Waals surface area contributed by atoms with Crippen molar-refractivity contribution in [3.05, 3.63) is 102 Å². The SMILES string of the molecule is COC(=O)c1ccc(/C=C/C(=O)OC(C(=O)Nc2ccc(OC)cc2)c2ccccc2)cc1. The summed E-state index contributed by atoms with van der Waals surface area (Å²) in [5.74, 6) is -0.969. The zero-order valence-electron chi connectivity index (χ0n) is 18.2. The van der Waals surface area contributed by atoms with Crippen LogP contribution < -0.4 is 10.1 Å². The highest BCUT2D eigenvalue weighted by Crippen LogP contribution is 2.22. The van der Waals surface area contributed by atoms with Gasteiger partial charge in [-0.15, -0.1) is 0 Å². The normalized spacial score (nSPS) is 11.5. The van der Waals surface area contributed by atoms with Crippen LogP contribution in [-0.2, 0) is 19.1 Å². The minimum Gasteiger partial charge on any atom is -0.497 e. The van der Waals surface area contributed by atoms with Crippen molar-refractivity contribution in [2.24, 2.45) is 0 Å². The summed E-state index contributed by atoms with van der Waals surface area (Å²) in [5.41, 5.74) is 2.15. The van der Waals surface area contributed by atoms with Gasteiger partial charge in [0.15, 0.2) is 0 Å². The van der Waals surface area contributed by atoms with E-state index in [4.69, 9.17) is 9.47 Å². The maximum Gasteiger partial charge on any atom is 0.337 e. The number of methoxy groups -OCH3 is 2. The zero-order chi connectivity index (χ0) is 23.6. The zero-order valence-corrected chi connectivity index (χ0v) is 18.2. The van der Waals surface area contributed by atoms with Crippen LogP contribution in [0.2, 0.25) is 0 Å². The first-order chi connectivity index (χ1) is 16.0. The Hall–Kier alpha value is -4.39. The van der Waals surface area contributed by atoms with E-state index >= 15 is 0 Å². The Morgan fingerprint density at radius 1 is 0.848 bits per heavy atom. The largest absolute Gasteiger partial charge is 0.497 e. The summed E-state index contributed by atoms with van der Waals surface area (Å²) in [7, 11) is 2.86. The molecule has 1 atom stereocenters. The van der Waals surface area contributed by atoms with Crippen molar-refractivity contribution in [2.75, 3.05) is 19.5 Å². The first-order valence-electron chi connectivity index (χ1n) is 10.1. The molecule has 0 radical (unpaired) electrons. The maximum atomic E-state index is 12.9. The molecule has 3 rings (SSSR count). The molecule has 0 aliphatic rings. The highest BCUT2D eigenvalue weighted by Gasteiger charge is 2.24. The predicted molar refractivity (Wildman–Crippen MR) is 124 cm³/mol. The predicted octanol–water partition coefficient (Wildman–Crippen LogP) is 4.42. The molecule has 1 unspecified atom stereocenters. The van der Waals surface area contributed by atoms with Gasteiger partial charge < -0.3 is 19.5 Å². The molecule has 0 saturated carbocycles. The van der Waals surface area contributed by atoms with Crippen molar-refractivity contribution in [2.45, 2.75) is 6.10 Å². The lowest BCUT2D eigenvalue weighted by Gasteiger charge is -2.17. The Bertz CT molecular complexity index is 1120. The van der Waals surface area contributed by atoms with Crippen LogP contribution >= 0.6 is 0 Å². The van der Waals surface area contributed by atoms with Crippen molar-refractivity contribution in [1.29, 1.82) is 0 Å². The molecule has 0 fully saturated rings. The van der Waals surface area contributed by atoms with Crippen LogP contribution in [0.15, 0.2) is 84.9 Å². The minimum atomic E-state index is -1.15. The molecule has 3 aromatic rings. The van der Waals surface area contributed by atoms with Crippen LogP contribution in [0, 0.1) is 0 Å². The van der Waals surface area contributed by atoms with Gasteiger partial charge in [0, 0.05) is 17.3 Å². The van der Waals surface area contributed by atoms with Gasteiger partial charge in [-0.05, 0) is 48.0 Å². The quantitative estimate of drug-likeness (QED) is 0.408. The van der Waals surface area contributed by atoms with E-state index in [9.17, 15) is 14.4 Å². The summed E-state index contributed by atoms with van der Waals surface area (Å²) in [6.07, 6.45) is 1.61. The Morgan fingerprint density at radius 3 is 2.12 bits per heavy atom. The summed E-state index contributed by atoms with van der Waals surface area (Å²) in [6, 6.07) is 22.1. The third-order valence-electron chi connectivity index (χ3n) is 4.68. The van der Waals surface area contributed by atoms with Gasteiger partial charge in [-0.2, -0.15) is 0 Å². The molecular weight excluding hydrogens is 422 g/mol. The molecule has 0 aliphatic carbocycles. The molecule has 7 nitrogen and oxygen atoms in total. The Kier molecular flexibility index (Phi) is 7.96. The summed E-state index contributed by atoms with van der Waals surface area (Å²) in [5, 5.41) is 2.75. The lowest BCUT2D eigenvalue weighted by molar-refractivity contribution is -0.149. The van der Waals surface area contributed by atoms with Crippen molar-refractivity contribution < 1.29 is 28.6 Å². The Balaban J connectivity index is 1.71. The number of benzene rings is 3. The number of hydrogen-bond acceptors (Lipinski definition) is 6. The fraction of sp³-hybridized carbons (Fsp3) is 0.115. The van der Waals surface area contributed by atoms with Gasteiger partial charge in [-0.25, -0.2) is 9.59 Å². The molecule has 0 aliphatic heterocycles. The van der Waals surface area contributed by atoms with Gasteiger partial charge in [-0.3, -0.25) is 4.79 Å². The molecule has 0 saturated heterocycles. The van der Waals surface area contributed by atoms with Gasteiger partial charge in [0.05, 0.1) is 19.8 Å². The molecular formula is C26H23NO6. The number of carbonyl (C=O) groups is 3. The standard InChI is InChI=1S/C26H23NO6/c1-31-22-15-13-21(14-16-22)27-25(29)24(19-6-4-3-5-7-19)33-23(28)17-10-18-8-11-20(12-9-18)26(30)32-2/h3-17,24H,1-2H3,(H,27,29)/b17-10+. The molecule has 7 heteroatoms. The smallest absolute Gasteiger partial charge is 0.337 e. The molecule has 0 bridgehead atoms. The summed E-state index contributed by atoms with van der Waals surface area (Å²) in [6.45, 7) is 0. The second-order valence-corrected chi connectivity index (χ2v) is 6.89. The molecule has 1 N–H and O–H groups in total.